The molecule has 4 N–H and O–H groups in total. The van der Waals surface area contributed by atoms with Crippen molar-refractivity contribution >= 4 is 17.6 Å². The van der Waals surface area contributed by atoms with Gasteiger partial charge in [-0.1, -0.05) is 24.3 Å². The first-order valence-corrected chi connectivity index (χ1v) is 9.72. The van der Waals surface area contributed by atoms with E-state index in [0.29, 0.717) is 17.7 Å². The molecule has 0 fully saturated rings. The minimum Gasteiger partial charge on any atom is -0.497 e. The van der Waals surface area contributed by atoms with Crippen molar-refractivity contribution in [2.24, 2.45) is 5.73 Å². The molecule has 0 aliphatic heterocycles. The topological polar surface area (TPSA) is 103 Å². The predicted molar refractivity (Wildman–Crippen MR) is 120 cm³/mol. The molecule has 0 bridgehead atoms. The highest BCUT2D eigenvalue weighted by molar-refractivity contribution is 5.95. The highest BCUT2D eigenvalue weighted by Gasteiger charge is 2.17. The molecule has 3 aromatic rings. The number of carbonyl (C=O) groups is 2. The minimum atomic E-state index is -0.656. The van der Waals surface area contributed by atoms with E-state index in [9.17, 15) is 9.59 Å². The van der Waals surface area contributed by atoms with Crippen LogP contribution in [0.25, 0.3) is 0 Å². The van der Waals surface area contributed by atoms with Gasteiger partial charge >= 0.3 is 6.03 Å². The van der Waals surface area contributed by atoms with Crippen LogP contribution in [0.5, 0.6) is 11.5 Å². The second kappa shape index (κ2) is 10.2. The van der Waals surface area contributed by atoms with Crippen LogP contribution in [0.4, 0.5) is 10.5 Å². The molecule has 1 atom stereocenters. The molecule has 0 aromatic heterocycles. The van der Waals surface area contributed by atoms with Crippen LogP contribution in [0.15, 0.2) is 72.8 Å². The zero-order valence-electron chi connectivity index (χ0n) is 17.4. The number of carbonyl (C=O) groups excluding carboxylic acids is 2. The Kier molecular flexibility index (Phi) is 7.11. The van der Waals surface area contributed by atoms with Crippen molar-refractivity contribution in [2.75, 3.05) is 19.5 Å². The lowest BCUT2D eigenvalue weighted by Gasteiger charge is -2.20. The fourth-order valence-electron chi connectivity index (χ4n) is 3.17. The van der Waals surface area contributed by atoms with Crippen molar-refractivity contribution < 1.29 is 19.1 Å². The van der Waals surface area contributed by atoms with Gasteiger partial charge in [-0.2, -0.15) is 0 Å². The summed E-state index contributed by atoms with van der Waals surface area (Å²) in [5, 5.41) is 5.58. The van der Waals surface area contributed by atoms with Crippen LogP contribution in [-0.4, -0.2) is 26.2 Å². The average Bonchev–Trinajstić information content (AvgIpc) is 2.79. The van der Waals surface area contributed by atoms with Crippen molar-refractivity contribution in [3.63, 3.8) is 0 Å². The van der Waals surface area contributed by atoms with Gasteiger partial charge in [0.15, 0.2) is 0 Å². The molecular weight excluding hydrogens is 394 g/mol. The van der Waals surface area contributed by atoms with E-state index in [-0.39, 0.29) is 11.9 Å². The SMILES string of the molecule is COc1ccc(CC(NC(=O)c2ccc(NC(N)=O)cc2)c2ccc(OC)cc2)cc1. The van der Waals surface area contributed by atoms with Crippen molar-refractivity contribution in [3.05, 3.63) is 89.5 Å². The predicted octanol–water partition coefficient (Wildman–Crippen LogP) is 3.91. The third-order valence-electron chi connectivity index (χ3n) is 4.84. The number of ether oxygens (including phenoxy) is 2. The number of hydrogen-bond donors (Lipinski definition) is 3. The van der Waals surface area contributed by atoms with Gasteiger partial charge in [-0.25, -0.2) is 4.79 Å². The molecule has 0 spiro atoms. The Labute approximate surface area is 181 Å². The molecule has 0 aliphatic carbocycles. The lowest BCUT2D eigenvalue weighted by atomic mass is 9.98. The Bertz CT molecular complexity index is 1020. The fraction of sp³-hybridized carbons (Fsp3) is 0.167. The molecule has 0 aliphatic rings. The normalized spacial score (nSPS) is 11.3. The smallest absolute Gasteiger partial charge is 0.316 e. The van der Waals surface area contributed by atoms with Gasteiger partial charge < -0.3 is 25.8 Å². The summed E-state index contributed by atoms with van der Waals surface area (Å²) >= 11 is 0. The number of urea groups is 1. The summed E-state index contributed by atoms with van der Waals surface area (Å²) in [5.74, 6) is 1.30. The first kappa shape index (κ1) is 21.7. The number of rotatable bonds is 8. The third-order valence-corrected chi connectivity index (χ3v) is 4.84. The van der Waals surface area contributed by atoms with Gasteiger partial charge in [0.2, 0.25) is 0 Å². The van der Waals surface area contributed by atoms with Crippen LogP contribution in [0.2, 0.25) is 0 Å². The number of nitrogens with one attached hydrogen (secondary N) is 2. The Morgan fingerprint density at radius 1 is 0.839 bits per heavy atom. The summed E-state index contributed by atoms with van der Waals surface area (Å²) in [6.07, 6.45) is 0.601. The first-order valence-electron chi connectivity index (χ1n) is 9.72. The Balaban J connectivity index is 1.80. The fourth-order valence-corrected chi connectivity index (χ4v) is 3.17. The first-order chi connectivity index (χ1) is 15.0. The molecule has 3 amide bonds. The van der Waals surface area contributed by atoms with Crippen LogP contribution in [0.3, 0.4) is 0 Å². The van der Waals surface area contributed by atoms with E-state index in [4.69, 9.17) is 15.2 Å². The van der Waals surface area contributed by atoms with Gasteiger partial charge in [0.25, 0.3) is 5.91 Å². The van der Waals surface area contributed by atoms with E-state index in [2.05, 4.69) is 10.6 Å². The van der Waals surface area contributed by atoms with E-state index >= 15 is 0 Å². The Morgan fingerprint density at radius 3 is 1.90 bits per heavy atom. The molecule has 3 rings (SSSR count). The van der Waals surface area contributed by atoms with Crippen molar-refractivity contribution in [1.82, 2.24) is 5.32 Å². The van der Waals surface area contributed by atoms with Gasteiger partial charge in [0, 0.05) is 11.3 Å². The zero-order valence-corrected chi connectivity index (χ0v) is 17.4. The Morgan fingerprint density at radius 2 is 1.39 bits per heavy atom. The van der Waals surface area contributed by atoms with Gasteiger partial charge in [0.1, 0.15) is 11.5 Å². The van der Waals surface area contributed by atoms with Crippen molar-refractivity contribution in [1.29, 1.82) is 0 Å². The summed E-state index contributed by atoms with van der Waals surface area (Å²) in [4.78, 5) is 23.9. The maximum absolute atomic E-state index is 12.9. The maximum Gasteiger partial charge on any atom is 0.316 e. The van der Waals surface area contributed by atoms with Crippen LogP contribution in [-0.2, 0) is 6.42 Å². The monoisotopic (exact) mass is 419 g/mol. The minimum absolute atomic E-state index is 0.222. The van der Waals surface area contributed by atoms with Crippen molar-refractivity contribution in [2.45, 2.75) is 12.5 Å². The molecule has 1 unspecified atom stereocenters. The van der Waals surface area contributed by atoms with Crippen molar-refractivity contribution in [3.8, 4) is 11.5 Å². The highest BCUT2D eigenvalue weighted by Crippen LogP contribution is 2.23. The molecule has 0 saturated heterocycles. The van der Waals surface area contributed by atoms with E-state index in [1.807, 2.05) is 48.5 Å². The third kappa shape index (κ3) is 5.99. The molecule has 7 heteroatoms. The summed E-state index contributed by atoms with van der Waals surface area (Å²) in [6.45, 7) is 0. The molecular formula is C24H25N3O4. The maximum atomic E-state index is 12.9. The van der Waals surface area contributed by atoms with E-state index in [1.165, 1.54) is 0 Å². The van der Waals surface area contributed by atoms with Crippen LogP contribution in [0, 0.1) is 0 Å². The molecule has 0 radical (unpaired) electrons. The van der Waals surface area contributed by atoms with E-state index in [1.54, 1.807) is 38.5 Å². The lowest BCUT2D eigenvalue weighted by molar-refractivity contribution is 0.0936. The molecule has 7 nitrogen and oxygen atoms in total. The van der Waals surface area contributed by atoms with Gasteiger partial charge in [-0.3, -0.25) is 4.79 Å². The van der Waals surface area contributed by atoms with Gasteiger partial charge in [-0.15, -0.1) is 0 Å². The average molecular weight is 419 g/mol. The van der Waals surface area contributed by atoms with E-state index < -0.39 is 6.03 Å². The van der Waals surface area contributed by atoms with Crippen LogP contribution >= 0.6 is 0 Å². The molecule has 31 heavy (non-hydrogen) atoms. The molecule has 0 heterocycles. The summed E-state index contributed by atoms with van der Waals surface area (Å²) in [7, 11) is 3.24. The second-order valence-corrected chi connectivity index (χ2v) is 6.92. The van der Waals surface area contributed by atoms with Gasteiger partial charge in [0.05, 0.1) is 20.3 Å². The van der Waals surface area contributed by atoms with E-state index in [0.717, 1.165) is 22.6 Å². The molecule has 3 aromatic carbocycles. The number of hydrogen-bond acceptors (Lipinski definition) is 4. The highest BCUT2D eigenvalue weighted by atomic mass is 16.5. The van der Waals surface area contributed by atoms with Crippen LogP contribution in [0.1, 0.15) is 27.5 Å². The number of nitrogens with two attached hydrogens (primary N) is 1. The number of anilines is 1. The van der Waals surface area contributed by atoms with Gasteiger partial charge in [-0.05, 0) is 66.1 Å². The van der Waals surface area contributed by atoms with Crippen LogP contribution < -0.4 is 25.8 Å². The number of benzene rings is 3. The summed E-state index contributed by atoms with van der Waals surface area (Å²) in [5.41, 5.74) is 8.13. The summed E-state index contributed by atoms with van der Waals surface area (Å²) in [6, 6.07) is 21.0. The quantitative estimate of drug-likeness (QED) is 0.515. The number of methoxy groups -OCH3 is 2. The molecule has 160 valence electrons. The number of primary amides is 1. The lowest BCUT2D eigenvalue weighted by Crippen LogP contribution is -2.30. The zero-order chi connectivity index (χ0) is 22.2. The second-order valence-electron chi connectivity index (χ2n) is 6.92. The largest absolute Gasteiger partial charge is 0.497 e. The Hall–Kier alpha value is -4.00. The molecule has 0 saturated carbocycles. The summed E-state index contributed by atoms with van der Waals surface area (Å²) < 4.78 is 10.5. The standard InChI is InChI=1S/C24H25N3O4/c1-30-20-11-3-16(4-12-20)15-22(17-7-13-21(31-2)14-8-17)27-23(28)18-5-9-19(10-6-18)26-24(25)29/h3-14,22H,15H2,1-2H3,(H,27,28)(H3,25,26,29). The number of amides is 3.